The first kappa shape index (κ1) is 10.7. The molecule has 0 aliphatic rings. The lowest BCUT2D eigenvalue weighted by atomic mass is 10.1. The lowest BCUT2D eigenvalue weighted by Crippen LogP contribution is -1.93. The van der Waals surface area contributed by atoms with Crippen LogP contribution in [-0.4, -0.2) is 11.6 Å². The molecule has 0 spiro atoms. The summed E-state index contributed by atoms with van der Waals surface area (Å²) in [6.45, 7) is 4.12. The first-order valence-electron chi connectivity index (χ1n) is 4.08. The summed E-state index contributed by atoms with van der Waals surface area (Å²) < 4.78 is 0. The van der Waals surface area contributed by atoms with Crippen LogP contribution in [0.4, 0.5) is 0 Å². The van der Waals surface area contributed by atoms with E-state index in [1.165, 1.54) is 6.21 Å². The van der Waals surface area contributed by atoms with Gasteiger partial charge < -0.3 is 5.41 Å². The Morgan fingerprint density at radius 2 is 2.18 bits per heavy atom. The number of halogens is 1. The number of nitrogens with one attached hydrogen (secondary N) is 1. The van der Waals surface area contributed by atoms with Crippen LogP contribution in [-0.2, 0) is 0 Å². The van der Waals surface area contributed by atoms with E-state index in [0.717, 1.165) is 24.8 Å². The van der Waals surface area contributed by atoms with E-state index in [1.54, 1.807) is 0 Å². The molecule has 0 amide bonds. The molecule has 0 aliphatic heterocycles. The molecular formula is C9H16ClN. The normalized spacial score (nSPS) is 14.6. The van der Waals surface area contributed by atoms with Crippen molar-refractivity contribution >= 4 is 17.8 Å². The van der Waals surface area contributed by atoms with Crippen molar-refractivity contribution in [2.45, 2.75) is 38.5 Å². The molecule has 0 aromatic rings. The molecule has 0 heterocycles. The first-order chi connectivity index (χ1) is 5.24. The third kappa shape index (κ3) is 5.02. The zero-order chi connectivity index (χ0) is 8.69. The fourth-order valence-electron chi connectivity index (χ4n) is 0.751. The molecule has 0 saturated carbocycles. The van der Waals surface area contributed by atoms with Crippen molar-refractivity contribution < 1.29 is 0 Å². The largest absolute Gasteiger partial charge is 0.308 e. The number of hydrogen-bond donors (Lipinski definition) is 1. The molecule has 0 aliphatic carbocycles. The van der Waals surface area contributed by atoms with Crippen molar-refractivity contribution in [2.75, 3.05) is 0 Å². The van der Waals surface area contributed by atoms with E-state index < -0.39 is 0 Å². The van der Waals surface area contributed by atoms with E-state index in [-0.39, 0.29) is 5.38 Å². The summed E-state index contributed by atoms with van der Waals surface area (Å²) in [5.41, 5.74) is 1.07. The average Bonchev–Trinajstić information content (AvgIpc) is 2.06. The smallest absolute Gasteiger partial charge is 0.0368 e. The van der Waals surface area contributed by atoms with Crippen molar-refractivity contribution in [2.24, 2.45) is 0 Å². The van der Waals surface area contributed by atoms with Crippen LogP contribution < -0.4 is 0 Å². The molecule has 0 radical (unpaired) electrons. The fourth-order valence-corrected chi connectivity index (χ4v) is 0.840. The van der Waals surface area contributed by atoms with E-state index in [9.17, 15) is 0 Å². The van der Waals surface area contributed by atoms with Crippen molar-refractivity contribution in [1.82, 2.24) is 0 Å². The van der Waals surface area contributed by atoms with Crippen molar-refractivity contribution in [1.29, 1.82) is 5.41 Å². The highest BCUT2D eigenvalue weighted by molar-refractivity contribution is 6.20. The van der Waals surface area contributed by atoms with Gasteiger partial charge >= 0.3 is 0 Å². The molecule has 11 heavy (non-hydrogen) atoms. The zero-order valence-electron chi connectivity index (χ0n) is 7.23. The Balaban J connectivity index is 3.77. The van der Waals surface area contributed by atoms with Crippen LogP contribution in [0.25, 0.3) is 0 Å². The highest BCUT2D eigenvalue weighted by Crippen LogP contribution is 2.09. The van der Waals surface area contributed by atoms with Gasteiger partial charge in [-0.05, 0) is 24.8 Å². The standard InChI is InChI=1S/C9H16ClN/c1-3-8(7-11)5-6-9(10)4-2/h5,7,9,11H,3-4,6H2,1-2H3/b8-5-,11-7?. The Bertz CT molecular complexity index is 140. The molecule has 1 N–H and O–H groups in total. The second-order valence-electron chi connectivity index (χ2n) is 2.52. The molecule has 2 heteroatoms. The number of alkyl halides is 1. The summed E-state index contributed by atoms with van der Waals surface area (Å²) in [7, 11) is 0. The van der Waals surface area contributed by atoms with Gasteiger partial charge in [0.2, 0.25) is 0 Å². The minimum absolute atomic E-state index is 0.233. The molecule has 0 aromatic heterocycles. The third-order valence-corrected chi connectivity index (χ3v) is 2.16. The first-order valence-corrected chi connectivity index (χ1v) is 4.51. The van der Waals surface area contributed by atoms with E-state index in [2.05, 4.69) is 6.92 Å². The lowest BCUT2D eigenvalue weighted by Gasteiger charge is -2.01. The SMILES string of the molecule is CC/C(C=N)=C/CC(Cl)CC. The maximum absolute atomic E-state index is 7.02. The zero-order valence-corrected chi connectivity index (χ0v) is 7.99. The van der Waals surface area contributed by atoms with Gasteiger partial charge in [0.25, 0.3) is 0 Å². The summed E-state index contributed by atoms with van der Waals surface area (Å²) in [6, 6.07) is 0. The van der Waals surface area contributed by atoms with E-state index in [0.29, 0.717) is 0 Å². The number of rotatable bonds is 5. The third-order valence-electron chi connectivity index (χ3n) is 1.67. The molecule has 64 valence electrons. The maximum atomic E-state index is 7.02. The van der Waals surface area contributed by atoms with Gasteiger partial charge in [-0.3, -0.25) is 0 Å². The monoisotopic (exact) mass is 173 g/mol. The van der Waals surface area contributed by atoms with Gasteiger partial charge in [-0.15, -0.1) is 11.6 Å². The summed E-state index contributed by atoms with van der Waals surface area (Å²) in [5.74, 6) is 0. The molecule has 0 bridgehead atoms. The predicted molar refractivity (Wildman–Crippen MR) is 51.7 cm³/mol. The summed E-state index contributed by atoms with van der Waals surface area (Å²) in [5, 5.41) is 7.26. The van der Waals surface area contributed by atoms with Crippen LogP contribution in [0.1, 0.15) is 33.1 Å². The second-order valence-corrected chi connectivity index (χ2v) is 3.14. The summed E-state index contributed by atoms with van der Waals surface area (Å²) >= 11 is 5.90. The topological polar surface area (TPSA) is 23.9 Å². The minimum Gasteiger partial charge on any atom is -0.308 e. The van der Waals surface area contributed by atoms with Gasteiger partial charge in [0.15, 0.2) is 0 Å². The fraction of sp³-hybridized carbons (Fsp3) is 0.667. The number of allylic oxidation sites excluding steroid dienone is 2. The Hall–Kier alpha value is -0.300. The highest BCUT2D eigenvalue weighted by atomic mass is 35.5. The minimum atomic E-state index is 0.233. The summed E-state index contributed by atoms with van der Waals surface area (Å²) in [6.07, 6.45) is 6.26. The highest BCUT2D eigenvalue weighted by Gasteiger charge is 1.97. The molecule has 0 saturated heterocycles. The van der Waals surface area contributed by atoms with Crippen molar-refractivity contribution in [3.63, 3.8) is 0 Å². The Labute approximate surface area is 74.0 Å². The van der Waals surface area contributed by atoms with Gasteiger partial charge in [0, 0.05) is 11.6 Å². The molecule has 1 atom stereocenters. The van der Waals surface area contributed by atoms with Crippen molar-refractivity contribution in [3.05, 3.63) is 11.6 Å². The lowest BCUT2D eigenvalue weighted by molar-refractivity contribution is 0.821. The van der Waals surface area contributed by atoms with E-state index in [4.69, 9.17) is 17.0 Å². The van der Waals surface area contributed by atoms with Gasteiger partial charge in [-0.2, -0.15) is 0 Å². The Morgan fingerprint density at radius 1 is 1.55 bits per heavy atom. The molecule has 1 unspecified atom stereocenters. The molecular weight excluding hydrogens is 158 g/mol. The Morgan fingerprint density at radius 3 is 2.55 bits per heavy atom. The molecule has 0 aromatic carbocycles. The predicted octanol–water partition coefficient (Wildman–Crippen LogP) is 3.38. The van der Waals surface area contributed by atoms with Crippen molar-refractivity contribution in [3.8, 4) is 0 Å². The van der Waals surface area contributed by atoms with Crippen LogP contribution in [0.2, 0.25) is 0 Å². The Kier molecular flexibility index (Phi) is 6.24. The molecule has 0 rings (SSSR count). The van der Waals surface area contributed by atoms with Crippen LogP contribution in [0.15, 0.2) is 11.6 Å². The summed E-state index contributed by atoms with van der Waals surface area (Å²) in [4.78, 5) is 0. The molecule has 0 fully saturated rings. The van der Waals surface area contributed by atoms with Crippen LogP contribution in [0.3, 0.4) is 0 Å². The van der Waals surface area contributed by atoms with E-state index >= 15 is 0 Å². The quantitative estimate of drug-likeness (QED) is 0.487. The van der Waals surface area contributed by atoms with Gasteiger partial charge in [-0.1, -0.05) is 19.9 Å². The van der Waals surface area contributed by atoms with Crippen LogP contribution in [0, 0.1) is 5.41 Å². The van der Waals surface area contributed by atoms with Gasteiger partial charge in [-0.25, -0.2) is 0 Å². The second kappa shape index (κ2) is 6.41. The average molecular weight is 174 g/mol. The van der Waals surface area contributed by atoms with E-state index in [1.807, 2.05) is 13.0 Å². The van der Waals surface area contributed by atoms with Crippen LogP contribution >= 0.6 is 11.6 Å². The number of hydrogen-bond acceptors (Lipinski definition) is 1. The van der Waals surface area contributed by atoms with Gasteiger partial charge in [0.05, 0.1) is 0 Å². The van der Waals surface area contributed by atoms with Gasteiger partial charge in [0.1, 0.15) is 0 Å². The molecule has 1 nitrogen and oxygen atoms in total. The van der Waals surface area contributed by atoms with Crippen LogP contribution in [0.5, 0.6) is 0 Å². The maximum Gasteiger partial charge on any atom is 0.0368 e.